The first-order valence-electron chi connectivity index (χ1n) is 6.33. The number of carbonyl (C=O) groups excluding carboxylic acids is 1. The van der Waals surface area contributed by atoms with Gasteiger partial charge in [0.15, 0.2) is 0 Å². The largest absolute Gasteiger partial charge is 0.469 e. The van der Waals surface area contributed by atoms with E-state index in [1.165, 1.54) is 13.2 Å². The van der Waals surface area contributed by atoms with Gasteiger partial charge in [0.25, 0.3) is 0 Å². The van der Waals surface area contributed by atoms with Crippen molar-refractivity contribution in [2.24, 2.45) is 0 Å². The van der Waals surface area contributed by atoms with E-state index >= 15 is 0 Å². The maximum atomic E-state index is 12.6. The van der Waals surface area contributed by atoms with E-state index in [0.29, 0.717) is 12.0 Å². The van der Waals surface area contributed by atoms with Crippen molar-refractivity contribution >= 4 is 5.97 Å². The maximum absolute atomic E-state index is 12.6. The zero-order chi connectivity index (χ0) is 15.2. The van der Waals surface area contributed by atoms with E-state index in [-0.39, 0.29) is 25.0 Å². The lowest BCUT2D eigenvalue weighted by Gasteiger charge is -2.16. The number of halogens is 3. The van der Waals surface area contributed by atoms with E-state index in [1.807, 2.05) is 6.92 Å². The Morgan fingerprint density at radius 3 is 2.65 bits per heavy atom. The number of methoxy groups -OCH3 is 1. The highest BCUT2D eigenvalue weighted by Crippen LogP contribution is 2.29. The number of hydrogen-bond acceptors (Lipinski definition) is 3. The molecule has 1 rings (SSSR count). The van der Waals surface area contributed by atoms with Crippen molar-refractivity contribution in [1.29, 1.82) is 0 Å². The molecule has 6 heteroatoms. The van der Waals surface area contributed by atoms with Crippen LogP contribution >= 0.6 is 0 Å². The topological polar surface area (TPSA) is 38.3 Å². The summed E-state index contributed by atoms with van der Waals surface area (Å²) in [6.45, 7) is 2.17. The van der Waals surface area contributed by atoms with Crippen LogP contribution in [0.4, 0.5) is 13.2 Å². The molecule has 3 nitrogen and oxygen atoms in total. The Kier molecular flexibility index (Phi) is 6.01. The van der Waals surface area contributed by atoms with Crippen LogP contribution in [0.25, 0.3) is 0 Å². The summed E-state index contributed by atoms with van der Waals surface area (Å²) < 4.78 is 42.3. The molecule has 0 aliphatic heterocycles. The zero-order valence-corrected chi connectivity index (χ0v) is 11.5. The van der Waals surface area contributed by atoms with Gasteiger partial charge in [0.2, 0.25) is 0 Å². The number of rotatable bonds is 6. The summed E-state index contributed by atoms with van der Waals surface area (Å²) in [6.07, 6.45) is -3.45. The fourth-order valence-electron chi connectivity index (χ4n) is 1.77. The summed E-state index contributed by atoms with van der Waals surface area (Å²) in [5.41, 5.74) is -0.138. The number of alkyl halides is 3. The first-order chi connectivity index (χ1) is 9.36. The molecule has 0 spiro atoms. The molecule has 1 N–H and O–H groups in total. The standard InChI is InChI=1S/C14H18F3NO2/c1-3-12(8-13(19)20-2)18-9-10-5-4-6-11(7-10)14(15,16)17/h4-7,12,18H,3,8-9H2,1-2H3. The Hall–Kier alpha value is -1.56. The molecule has 0 heterocycles. The van der Waals surface area contributed by atoms with E-state index < -0.39 is 11.7 Å². The van der Waals surface area contributed by atoms with Crippen LogP contribution in [0.2, 0.25) is 0 Å². The quantitative estimate of drug-likeness (QED) is 0.818. The average Bonchev–Trinajstić information content (AvgIpc) is 2.42. The third kappa shape index (κ3) is 5.21. The van der Waals surface area contributed by atoms with Crippen molar-refractivity contribution in [2.75, 3.05) is 7.11 Å². The molecule has 0 aromatic heterocycles. The summed E-state index contributed by atoms with van der Waals surface area (Å²) in [7, 11) is 1.31. The van der Waals surface area contributed by atoms with E-state index in [1.54, 1.807) is 6.07 Å². The van der Waals surface area contributed by atoms with Gasteiger partial charge in [-0.25, -0.2) is 0 Å². The summed E-state index contributed by atoms with van der Waals surface area (Å²) in [5, 5.41) is 3.06. The Balaban J connectivity index is 2.62. The molecule has 0 amide bonds. The van der Waals surface area contributed by atoms with Crippen molar-refractivity contribution in [3.8, 4) is 0 Å². The van der Waals surface area contributed by atoms with Crippen LogP contribution in [0.5, 0.6) is 0 Å². The highest BCUT2D eigenvalue weighted by Gasteiger charge is 2.30. The van der Waals surface area contributed by atoms with Crippen LogP contribution in [-0.4, -0.2) is 19.1 Å². The van der Waals surface area contributed by atoms with Crippen LogP contribution in [-0.2, 0) is 22.3 Å². The van der Waals surface area contributed by atoms with E-state index in [9.17, 15) is 18.0 Å². The van der Waals surface area contributed by atoms with Crippen LogP contribution in [0.3, 0.4) is 0 Å². The molecule has 0 radical (unpaired) electrons. The molecule has 1 aromatic rings. The van der Waals surface area contributed by atoms with Gasteiger partial charge in [0.1, 0.15) is 0 Å². The molecular weight excluding hydrogens is 271 g/mol. The van der Waals surface area contributed by atoms with Gasteiger partial charge >= 0.3 is 12.1 Å². The van der Waals surface area contributed by atoms with Gasteiger partial charge < -0.3 is 10.1 Å². The molecule has 0 aliphatic carbocycles. The summed E-state index contributed by atoms with van der Waals surface area (Å²) in [6, 6.07) is 5.03. The third-order valence-corrected chi connectivity index (χ3v) is 2.98. The molecule has 0 aliphatic rings. The number of carbonyl (C=O) groups is 1. The van der Waals surface area contributed by atoms with Crippen LogP contribution in [0.15, 0.2) is 24.3 Å². The van der Waals surface area contributed by atoms with Crippen LogP contribution in [0, 0.1) is 0 Å². The van der Waals surface area contributed by atoms with Crippen LogP contribution < -0.4 is 5.32 Å². The molecule has 20 heavy (non-hydrogen) atoms. The average molecular weight is 289 g/mol. The molecule has 0 saturated carbocycles. The summed E-state index contributed by atoms with van der Waals surface area (Å²) in [4.78, 5) is 11.2. The van der Waals surface area contributed by atoms with Crippen molar-refractivity contribution in [1.82, 2.24) is 5.32 Å². The third-order valence-electron chi connectivity index (χ3n) is 2.98. The number of esters is 1. The van der Waals surface area contributed by atoms with Gasteiger partial charge in [-0.15, -0.1) is 0 Å². The Morgan fingerprint density at radius 2 is 2.10 bits per heavy atom. The lowest BCUT2D eigenvalue weighted by Crippen LogP contribution is -2.30. The van der Waals surface area contributed by atoms with Gasteiger partial charge in [-0.3, -0.25) is 4.79 Å². The smallest absolute Gasteiger partial charge is 0.416 e. The fourth-order valence-corrected chi connectivity index (χ4v) is 1.77. The molecule has 1 atom stereocenters. The Bertz CT molecular complexity index is 446. The molecular formula is C14H18F3NO2. The van der Waals surface area contributed by atoms with E-state index in [0.717, 1.165) is 12.1 Å². The summed E-state index contributed by atoms with van der Waals surface area (Å²) in [5.74, 6) is -0.339. The number of benzene rings is 1. The molecule has 1 unspecified atom stereocenters. The van der Waals surface area contributed by atoms with E-state index in [2.05, 4.69) is 10.1 Å². The van der Waals surface area contributed by atoms with Crippen molar-refractivity contribution < 1.29 is 22.7 Å². The molecule has 1 aromatic carbocycles. The molecule has 112 valence electrons. The minimum Gasteiger partial charge on any atom is -0.469 e. The lowest BCUT2D eigenvalue weighted by molar-refractivity contribution is -0.141. The minimum absolute atomic E-state index is 0.114. The predicted molar refractivity (Wildman–Crippen MR) is 69.0 cm³/mol. The number of hydrogen-bond donors (Lipinski definition) is 1. The second kappa shape index (κ2) is 7.28. The second-order valence-electron chi connectivity index (χ2n) is 4.46. The van der Waals surface area contributed by atoms with Gasteiger partial charge in [-0.05, 0) is 18.1 Å². The minimum atomic E-state index is -4.34. The number of nitrogens with one attached hydrogen (secondary N) is 1. The predicted octanol–water partition coefficient (Wildman–Crippen LogP) is 3.14. The molecule has 0 fully saturated rings. The van der Waals surface area contributed by atoms with Crippen molar-refractivity contribution in [2.45, 2.75) is 38.5 Å². The Morgan fingerprint density at radius 1 is 1.40 bits per heavy atom. The first kappa shape index (κ1) is 16.5. The Labute approximate surface area is 116 Å². The number of ether oxygens (including phenoxy) is 1. The van der Waals surface area contributed by atoms with Crippen LogP contribution in [0.1, 0.15) is 30.9 Å². The fraction of sp³-hybridized carbons (Fsp3) is 0.500. The molecule has 0 saturated heterocycles. The van der Waals surface area contributed by atoms with E-state index in [4.69, 9.17) is 0 Å². The maximum Gasteiger partial charge on any atom is 0.416 e. The highest BCUT2D eigenvalue weighted by molar-refractivity contribution is 5.69. The zero-order valence-electron chi connectivity index (χ0n) is 11.5. The monoisotopic (exact) mass is 289 g/mol. The molecule has 0 bridgehead atoms. The van der Waals surface area contributed by atoms with Gasteiger partial charge in [0, 0.05) is 12.6 Å². The lowest BCUT2D eigenvalue weighted by atomic mass is 10.1. The van der Waals surface area contributed by atoms with Gasteiger partial charge in [0.05, 0.1) is 19.1 Å². The van der Waals surface area contributed by atoms with Gasteiger partial charge in [-0.2, -0.15) is 13.2 Å². The normalized spacial score (nSPS) is 13.1. The highest BCUT2D eigenvalue weighted by atomic mass is 19.4. The van der Waals surface area contributed by atoms with Gasteiger partial charge in [-0.1, -0.05) is 25.1 Å². The second-order valence-corrected chi connectivity index (χ2v) is 4.46. The van der Waals surface area contributed by atoms with Crippen molar-refractivity contribution in [3.63, 3.8) is 0 Å². The SMILES string of the molecule is CCC(CC(=O)OC)NCc1cccc(C(F)(F)F)c1. The van der Waals surface area contributed by atoms with Crippen molar-refractivity contribution in [3.05, 3.63) is 35.4 Å². The summed E-state index contributed by atoms with van der Waals surface area (Å²) >= 11 is 0. The first-order valence-corrected chi connectivity index (χ1v) is 6.33.